The predicted octanol–water partition coefficient (Wildman–Crippen LogP) is 2.80. The Morgan fingerprint density at radius 3 is 2.57 bits per heavy atom. The van der Waals surface area contributed by atoms with Crippen LogP contribution in [0.3, 0.4) is 0 Å². The van der Waals surface area contributed by atoms with Gasteiger partial charge in [-0.2, -0.15) is 5.10 Å². The van der Waals surface area contributed by atoms with Crippen molar-refractivity contribution in [2.45, 2.75) is 30.4 Å². The molecule has 0 fully saturated rings. The number of thioether (sulfide) groups is 1. The molecule has 5 nitrogen and oxygen atoms in total. The van der Waals surface area contributed by atoms with Crippen molar-refractivity contribution in [1.29, 1.82) is 0 Å². The number of nitrogens with zero attached hydrogens (tertiary/aromatic N) is 2. The van der Waals surface area contributed by atoms with E-state index >= 15 is 0 Å². The molecule has 128 valence electrons. The molecule has 0 aromatic heterocycles. The van der Waals surface area contributed by atoms with Crippen LogP contribution in [0.1, 0.15) is 25.3 Å². The molecule has 1 heterocycles. The Kier molecular flexibility index (Phi) is 6.59. The van der Waals surface area contributed by atoms with E-state index in [1.807, 2.05) is 30.0 Å². The maximum absolute atomic E-state index is 5.41. The highest BCUT2D eigenvalue weighted by Crippen LogP contribution is 2.32. The van der Waals surface area contributed by atoms with Gasteiger partial charge in [0.15, 0.2) is 11.5 Å². The van der Waals surface area contributed by atoms with Crippen molar-refractivity contribution in [2.75, 3.05) is 34.9 Å². The van der Waals surface area contributed by atoms with Crippen molar-refractivity contribution in [3.05, 3.63) is 23.8 Å². The Balaban J connectivity index is 2.18. The van der Waals surface area contributed by atoms with Crippen LogP contribution in [-0.2, 0) is 0 Å². The van der Waals surface area contributed by atoms with Crippen LogP contribution in [0.5, 0.6) is 11.5 Å². The van der Waals surface area contributed by atoms with Crippen molar-refractivity contribution >= 4 is 17.5 Å². The number of hydrogen-bond donors (Lipinski definition) is 1. The first-order chi connectivity index (χ1) is 11.1. The molecule has 6 heteroatoms. The maximum atomic E-state index is 5.41. The molecule has 0 spiro atoms. The summed E-state index contributed by atoms with van der Waals surface area (Å²) < 4.78 is 10.7. The lowest BCUT2D eigenvalue weighted by molar-refractivity contribution is 0.355. The van der Waals surface area contributed by atoms with E-state index < -0.39 is 0 Å². The third kappa shape index (κ3) is 4.54. The lowest BCUT2D eigenvalue weighted by atomic mass is 10.0. The molecule has 2 rings (SSSR count). The molecule has 2 unspecified atom stereocenters. The molecule has 23 heavy (non-hydrogen) atoms. The second-order valence-electron chi connectivity index (χ2n) is 5.81. The van der Waals surface area contributed by atoms with Crippen molar-refractivity contribution in [2.24, 2.45) is 5.10 Å². The van der Waals surface area contributed by atoms with Crippen LogP contribution in [-0.4, -0.2) is 56.1 Å². The second kappa shape index (κ2) is 8.45. The van der Waals surface area contributed by atoms with Crippen molar-refractivity contribution < 1.29 is 9.47 Å². The van der Waals surface area contributed by atoms with Crippen LogP contribution in [0.4, 0.5) is 0 Å². The van der Waals surface area contributed by atoms with Gasteiger partial charge in [0.2, 0.25) is 0 Å². The summed E-state index contributed by atoms with van der Waals surface area (Å²) in [6.07, 6.45) is 2.13. The minimum Gasteiger partial charge on any atom is -0.493 e. The van der Waals surface area contributed by atoms with E-state index in [0.717, 1.165) is 42.2 Å². The summed E-state index contributed by atoms with van der Waals surface area (Å²) in [6.45, 7) is 3.27. The summed E-state index contributed by atoms with van der Waals surface area (Å²) >= 11 is 1.96. The third-order valence-electron chi connectivity index (χ3n) is 3.85. The summed E-state index contributed by atoms with van der Waals surface area (Å²) in [5, 5.41) is 5.43. The van der Waals surface area contributed by atoms with E-state index in [4.69, 9.17) is 9.47 Å². The first-order valence-electron chi connectivity index (χ1n) is 7.94. The van der Waals surface area contributed by atoms with Gasteiger partial charge >= 0.3 is 0 Å². The van der Waals surface area contributed by atoms with Gasteiger partial charge in [0.25, 0.3) is 0 Å². The summed E-state index contributed by atoms with van der Waals surface area (Å²) in [7, 11) is 7.51. The van der Waals surface area contributed by atoms with Crippen LogP contribution in [0, 0.1) is 0 Å². The quantitative estimate of drug-likeness (QED) is 0.829. The maximum Gasteiger partial charge on any atom is 0.161 e. The molecular formula is C17H27N3O2S. The van der Waals surface area contributed by atoms with Crippen LogP contribution in [0.25, 0.3) is 0 Å². The smallest absolute Gasteiger partial charge is 0.161 e. The minimum atomic E-state index is 0.367. The standard InChI is InChI=1S/C17H27N3O2S/c1-6-15-17(19-18-16(23-15)9-10-20(2)3)12-7-8-13(21-4)14(11-12)22-5/h7-8,11,15-16,18H,6,9-10H2,1-5H3. The fourth-order valence-corrected chi connectivity index (χ4v) is 3.81. The zero-order chi connectivity index (χ0) is 16.8. The first kappa shape index (κ1) is 17.9. The Morgan fingerprint density at radius 1 is 1.22 bits per heavy atom. The molecule has 1 aliphatic rings. The van der Waals surface area contributed by atoms with Gasteiger partial charge in [-0.05, 0) is 45.1 Å². The van der Waals surface area contributed by atoms with Crippen LogP contribution in [0.2, 0.25) is 0 Å². The molecule has 1 N–H and O–H groups in total. The van der Waals surface area contributed by atoms with E-state index in [1.165, 1.54) is 0 Å². The number of ether oxygens (including phenoxy) is 2. The molecule has 0 saturated carbocycles. The minimum absolute atomic E-state index is 0.367. The van der Waals surface area contributed by atoms with Crippen molar-refractivity contribution in [3.8, 4) is 11.5 Å². The number of nitrogens with one attached hydrogen (secondary N) is 1. The topological polar surface area (TPSA) is 46.1 Å². The Labute approximate surface area is 143 Å². The van der Waals surface area contributed by atoms with Crippen molar-refractivity contribution in [3.63, 3.8) is 0 Å². The molecule has 2 atom stereocenters. The fraction of sp³-hybridized carbons (Fsp3) is 0.588. The molecule has 0 bridgehead atoms. The van der Waals surface area contributed by atoms with Crippen LogP contribution < -0.4 is 14.9 Å². The molecule has 0 radical (unpaired) electrons. The highest BCUT2D eigenvalue weighted by molar-refractivity contribution is 8.01. The molecule has 1 aliphatic heterocycles. The molecule has 1 aromatic rings. The summed E-state index contributed by atoms with van der Waals surface area (Å²) in [6, 6.07) is 5.99. The van der Waals surface area contributed by atoms with E-state index in [1.54, 1.807) is 14.2 Å². The number of hydrogen-bond acceptors (Lipinski definition) is 6. The highest BCUT2D eigenvalue weighted by Gasteiger charge is 2.26. The highest BCUT2D eigenvalue weighted by atomic mass is 32.2. The number of methoxy groups -OCH3 is 2. The molecule has 0 saturated heterocycles. The van der Waals surface area contributed by atoms with Gasteiger partial charge in [0, 0.05) is 12.1 Å². The summed E-state index contributed by atoms with van der Waals surface area (Å²) in [5.74, 6) is 1.48. The van der Waals surface area contributed by atoms with Gasteiger partial charge in [-0.15, -0.1) is 11.8 Å². The Morgan fingerprint density at radius 2 is 1.96 bits per heavy atom. The monoisotopic (exact) mass is 337 g/mol. The number of benzene rings is 1. The normalized spacial score (nSPS) is 20.9. The van der Waals surface area contributed by atoms with Gasteiger partial charge in [-0.1, -0.05) is 6.92 Å². The van der Waals surface area contributed by atoms with Gasteiger partial charge < -0.3 is 14.4 Å². The third-order valence-corrected chi connectivity index (χ3v) is 5.41. The zero-order valence-electron chi connectivity index (χ0n) is 14.6. The van der Waals surface area contributed by atoms with Gasteiger partial charge in [-0.3, -0.25) is 5.43 Å². The van der Waals surface area contributed by atoms with Crippen LogP contribution >= 0.6 is 11.8 Å². The average Bonchev–Trinajstić information content (AvgIpc) is 2.58. The molecular weight excluding hydrogens is 310 g/mol. The lowest BCUT2D eigenvalue weighted by Crippen LogP contribution is -2.37. The summed E-state index contributed by atoms with van der Waals surface area (Å²) in [4.78, 5) is 2.21. The van der Waals surface area contributed by atoms with E-state index in [2.05, 4.69) is 36.4 Å². The Hall–Kier alpha value is -1.40. The number of hydrazone groups is 1. The SMILES string of the molecule is CCC1SC(CCN(C)C)NN=C1c1ccc(OC)c(OC)c1. The average molecular weight is 337 g/mol. The van der Waals surface area contributed by atoms with Gasteiger partial charge in [0.1, 0.15) is 0 Å². The molecule has 0 amide bonds. The van der Waals surface area contributed by atoms with Crippen molar-refractivity contribution in [1.82, 2.24) is 10.3 Å². The van der Waals surface area contributed by atoms with E-state index in [0.29, 0.717) is 10.6 Å². The van der Waals surface area contributed by atoms with E-state index in [9.17, 15) is 0 Å². The largest absolute Gasteiger partial charge is 0.493 e. The van der Waals surface area contributed by atoms with Gasteiger partial charge in [0.05, 0.1) is 30.6 Å². The molecule has 0 aliphatic carbocycles. The molecule has 1 aromatic carbocycles. The first-order valence-corrected chi connectivity index (χ1v) is 8.89. The van der Waals surface area contributed by atoms with Gasteiger partial charge in [-0.25, -0.2) is 0 Å². The number of rotatable bonds is 7. The zero-order valence-corrected chi connectivity index (χ0v) is 15.4. The fourth-order valence-electron chi connectivity index (χ4n) is 2.55. The predicted molar refractivity (Wildman–Crippen MR) is 97.8 cm³/mol. The lowest BCUT2D eigenvalue weighted by Gasteiger charge is -2.30. The van der Waals surface area contributed by atoms with E-state index in [-0.39, 0.29) is 0 Å². The van der Waals surface area contributed by atoms with Crippen LogP contribution in [0.15, 0.2) is 23.3 Å². The second-order valence-corrected chi connectivity index (χ2v) is 7.22. The Bertz CT molecular complexity index is 549. The summed E-state index contributed by atoms with van der Waals surface area (Å²) in [5.41, 5.74) is 5.47.